The van der Waals surface area contributed by atoms with Gasteiger partial charge in [-0.25, -0.2) is 0 Å². The van der Waals surface area contributed by atoms with Gasteiger partial charge in [0, 0.05) is 10.3 Å². The van der Waals surface area contributed by atoms with Crippen LogP contribution < -0.4 is 0 Å². The maximum Gasteiger partial charge on any atom is 0.132 e. The Morgan fingerprint density at radius 1 is 1.27 bits per heavy atom. The number of fused-ring (bicyclic) bond motifs is 1. The van der Waals surface area contributed by atoms with E-state index in [-0.39, 0.29) is 0 Å². The molecule has 1 aromatic carbocycles. The highest BCUT2D eigenvalue weighted by atomic mass is 35.5. The molecule has 0 fully saturated rings. The van der Waals surface area contributed by atoms with Gasteiger partial charge < -0.3 is 0 Å². The van der Waals surface area contributed by atoms with Crippen LogP contribution in [-0.2, 0) is 0 Å². The van der Waals surface area contributed by atoms with Gasteiger partial charge in [0.15, 0.2) is 0 Å². The summed E-state index contributed by atoms with van der Waals surface area (Å²) in [5.41, 5.74) is 2.08. The molecule has 0 unspecified atom stereocenters. The van der Waals surface area contributed by atoms with Crippen molar-refractivity contribution in [2.24, 2.45) is 0 Å². The molecule has 1 N–H and O–H groups in total. The second-order valence-electron chi connectivity index (χ2n) is 3.25. The van der Waals surface area contributed by atoms with Crippen molar-refractivity contribution in [1.29, 1.82) is 0 Å². The Bertz CT molecular complexity index is 598. The molecule has 0 saturated carbocycles. The number of hydrogen-bond donors (Lipinski definition) is 1. The number of aromatic amines is 1. The maximum atomic E-state index is 5.99. The van der Waals surface area contributed by atoms with E-state index in [0.717, 1.165) is 10.9 Å². The molecule has 2 nitrogen and oxygen atoms in total. The molecule has 0 saturated heterocycles. The first-order valence-corrected chi connectivity index (χ1v) is 5.78. The van der Waals surface area contributed by atoms with Crippen molar-refractivity contribution >= 4 is 33.8 Å². The molecule has 0 radical (unpaired) electrons. The monoisotopic (exact) mass is 234 g/mol. The molecule has 0 atom stereocenters. The molecule has 0 aliphatic heterocycles. The fourth-order valence-corrected chi connectivity index (χ4v) is 2.49. The standard InChI is InChI=1S/C11H7ClN2S/c12-11-8-6-7(10-2-1-5-15-10)3-4-9(8)13-14-11/h1-6H,(H,13,14). The van der Waals surface area contributed by atoms with Crippen LogP contribution in [0.4, 0.5) is 0 Å². The van der Waals surface area contributed by atoms with E-state index in [2.05, 4.69) is 33.8 Å². The zero-order valence-corrected chi connectivity index (χ0v) is 9.27. The summed E-state index contributed by atoms with van der Waals surface area (Å²) in [6, 6.07) is 10.2. The van der Waals surface area contributed by atoms with E-state index in [0.29, 0.717) is 5.15 Å². The van der Waals surface area contributed by atoms with Crippen LogP contribution in [0.15, 0.2) is 35.7 Å². The summed E-state index contributed by atoms with van der Waals surface area (Å²) in [7, 11) is 0. The fourth-order valence-electron chi connectivity index (χ4n) is 1.57. The van der Waals surface area contributed by atoms with Gasteiger partial charge >= 0.3 is 0 Å². The van der Waals surface area contributed by atoms with Crippen molar-refractivity contribution in [2.75, 3.05) is 0 Å². The lowest BCUT2D eigenvalue weighted by Crippen LogP contribution is -1.72. The summed E-state index contributed by atoms with van der Waals surface area (Å²) in [6.07, 6.45) is 0. The molecule has 3 aromatic rings. The first kappa shape index (κ1) is 8.95. The molecule has 74 valence electrons. The number of halogens is 1. The van der Waals surface area contributed by atoms with Gasteiger partial charge in [0.1, 0.15) is 5.15 Å². The number of thiophene rings is 1. The van der Waals surface area contributed by atoms with Crippen molar-refractivity contribution < 1.29 is 0 Å². The summed E-state index contributed by atoms with van der Waals surface area (Å²) in [4.78, 5) is 1.24. The number of H-pyrrole nitrogens is 1. The number of hydrogen-bond acceptors (Lipinski definition) is 2. The van der Waals surface area contributed by atoms with Gasteiger partial charge in [-0.2, -0.15) is 5.10 Å². The normalized spacial score (nSPS) is 11.0. The number of rotatable bonds is 1. The first-order chi connectivity index (χ1) is 7.34. The predicted molar refractivity (Wildman–Crippen MR) is 64.4 cm³/mol. The highest BCUT2D eigenvalue weighted by Crippen LogP contribution is 2.29. The van der Waals surface area contributed by atoms with Crippen molar-refractivity contribution in [2.45, 2.75) is 0 Å². The number of aromatic nitrogens is 2. The molecular formula is C11H7ClN2S. The minimum absolute atomic E-state index is 0.600. The highest BCUT2D eigenvalue weighted by molar-refractivity contribution is 7.13. The number of nitrogens with zero attached hydrogens (tertiary/aromatic N) is 1. The highest BCUT2D eigenvalue weighted by Gasteiger charge is 2.05. The molecule has 3 rings (SSSR count). The molecule has 0 amide bonds. The Morgan fingerprint density at radius 3 is 3.00 bits per heavy atom. The van der Waals surface area contributed by atoms with E-state index in [4.69, 9.17) is 11.6 Å². The summed E-state index contributed by atoms with van der Waals surface area (Å²) in [5, 5.41) is 10.5. The van der Waals surface area contributed by atoms with E-state index in [1.807, 2.05) is 12.1 Å². The van der Waals surface area contributed by atoms with E-state index in [9.17, 15) is 0 Å². The quantitative estimate of drug-likeness (QED) is 0.679. The third kappa shape index (κ3) is 1.44. The average Bonchev–Trinajstić information content (AvgIpc) is 2.88. The topological polar surface area (TPSA) is 28.7 Å². The van der Waals surface area contributed by atoms with Crippen LogP contribution in [0.2, 0.25) is 5.15 Å². The maximum absolute atomic E-state index is 5.99. The Labute approximate surface area is 95.5 Å². The van der Waals surface area contributed by atoms with Crippen LogP contribution >= 0.6 is 22.9 Å². The third-order valence-corrected chi connectivity index (χ3v) is 3.52. The van der Waals surface area contributed by atoms with Gasteiger partial charge in [0.25, 0.3) is 0 Å². The fraction of sp³-hybridized carbons (Fsp3) is 0. The second kappa shape index (κ2) is 3.36. The Balaban J connectivity index is 2.25. The van der Waals surface area contributed by atoms with Crippen molar-refractivity contribution in [3.8, 4) is 10.4 Å². The molecule has 2 aromatic heterocycles. The zero-order valence-electron chi connectivity index (χ0n) is 7.70. The molecular weight excluding hydrogens is 228 g/mol. The lowest BCUT2D eigenvalue weighted by molar-refractivity contribution is 1.12. The summed E-state index contributed by atoms with van der Waals surface area (Å²) in [5.74, 6) is 0. The summed E-state index contributed by atoms with van der Waals surface area (Å²) >= 11 is 7.71. The largest absolute Gasteiger partial charge is 0.266 e. The van der Waals surface area contributed by atoms with E-state index >= 15 is 0 Å². The van der Waals surface area contributed by atoms with Gasteiger partial charge in [0.2, 0.25) is 0 Å². The molecule has 15 heavy (non-hydrogen) atoms. The zero-order chi connectivity index (χ0) is 10.3. The van der Waals surface area contributed by atoms with Crippen molar-refractivity contribution in [1.82, 2.24) is 10.2 Å². The van der Waals surface area contributed by atoms with Crippen LogP contribution in [-0.4, -0.2) is 10.2 Å². The van der Waals surface area contributed by atoms with E-state index in [1.165, 1.54) is 10.4 Å². The molecule has 0 aliphatic rings. The molecule has 2 heterocycles. The Hall–Kier alpha value is -1.32. The lowest BCUT2D eigenvalue weighted by atomic mass is 10.1. The summed E-state index contributed by atoms with van der Waals surface area (Å²) < 4.78 is 0. The summed E-state index contributed by atoms with van der Waals surface area (Å²) in [6.45, 7) is 0. The Kier molecular flexibility index (Phi) is 2.01. The Morgan fingerprint density at radius 2 is 2.20 bits per heavy atom. The van der Waals surface area contributed by atoms with Crippen LogP contribution in [0.3, 0.4) is 0 Å². The SMILES string of the molecule is Clc1[nH]nc2ccc(-c3cccs3)cc12. The average molecular weight is 235 g/mol. The van der Waals surface area contributed by atoms with Gasteiger partial charge in [-0.05, 0) is 29.1 Å². The van der Waals surface area contributed by atoms with Gasteiger partial charge in [-0.1, -0.05) is 23.7 Å². The second-order valence-corrected chi connectivity index (χ2v) is 4.57. The van der Waals surface area contributed by atoms with E-state index < -0.39 is 0 Å². The van der Waals surface area contributed by atoms with Crippen LogP contribution in [0.5, 0.6) is 0 Å². The first-order valence-electron chi connectivity index (χ1n) is 4.52. The van der Waals surface area contributed by atoms with E-state index in [1.54, 1.807) is 11.3 Å². The van der Waals surface area contributed by atoms with Crippen molar-refractivity contribution in [3.63, 3.8) is 0 Å². The third-order valence-electron chi connectivity index (χ3n) is 2.31. The van der Waals surface area contributed by atoms with Gasteiger partial charge in [-0.15, -0.1) is 11.3 Å². The molecule has 4 heteroatoms. The number of nitrogens with one attached hydrogen (secondary N) is 1. The van der Waals surface area contributed by atoms with Gasteiger partial charge in [-0.3, -0.25) is 5.10 Å². The minimum atomic E-state index is 0.600. The van der Waals surface area contributed by atoms with Crippen LogP contribution in [0.25, 0.3) is 21.3 Å². The molecule has 0 aliphatic carbocycles. The van der Waals surface area contributed by atoms with Crippen molar-refractivity contribution in [3.05, 3.63) is 40.9 Å². The number of benzene rings is 1. The molecule has 0 bridgehead atoms. The minimum Gasteiger partial charge on any atom is -0.266 e. The smallest absolute Gasteiger partial charge is 0.132 e. The molecule has 0 spiro atoms. The van der Waals surface area contributed by atoms with Crippen LogP contribution in [0.1, 0.15) is 0 Å². The van der Waals surface area contributed by atoms with Gasteiger partial charge in [0.05, 0.1) is 5.52 Å². The van der Waals surface area contributed by atoms with Crippen LogP contribution in [0, 0.1) is 0 Å². The lowest BCUT2D eigenvalue weighted by Gasteiger charge is -1.96. The predicted octanol–water partition coefficient (Wildman–Crippen LogP) is 3.94.